The summed E-state index contributed by atoms with van der Waals surface area (Å²) in [5.41, 5.74) is 0.535. The lowest BCUT2D eigenvalue weighted by atomic mass is 9.84. The molecule has 0 spiro atoms. The third-order valence-corrected chi connectivity index (χ3v) is 5.16. The first-order valence-corrected chi connectivity index (χ1v) is 8.08. The monoisotopic (exact) mass is 298 g/mol. The van der Waals surface area contributed by atoms with Crippen LogP contribution in [0.15, 0.2) is 24.3 Å². The van der Waals surface area contributed by atoms with Crippen LogP contribution in [0.3, 0.4) is 0 Å². The summed E-state index contributed by atoms with van der Waals surface area (Å²) in [6.45, 7) is 2.11. The highest BCUT2D eigenvalue weighted by Crippen LogP contribution is 2.49. The van der Waals surface area contributed by atoms with E-state index in [1.54, 1.807) is 24.3 Å². The third kappa shape index (κ3) is 3.24. The first-order chi connectivity index (χ1) is 10.7. The molecule has 0 unspecified atom stereocenters. The molecule has 3 rings (SSSR count). The van der Waals surface area contributed by atoms with Gasteiger partial charge in [0, 0.05) is 6.04 Å². The second-order valence-electron chi connectivity index (χ2n) is 6.62. The number of nitriles is 1. The minimum absolute atomic E-state index is 0.0000368. The minimum Gasteiger partial charge on any atom is -0.484 e. The van der Waals surface area contributed by atoms with E-state index in [0.29, 0.717) is 17.2 Å². The highest BCUT2D eigenvalue weighted by Gasteiger charge is 2.42. The van der Waals surface area contributed by atoms with Crippen molar-refractivity contribution in [2.24, 2.45) is 17.8 Å². The van der Waals surface area contributed by atoms with Crippen LogP contribution in [0.2, 0.25) is 0 Å². The Balaban J connectivity index is 1.47. The summed E-state index contributed by atoms with van der Waals surface area (Å²) in [6, 6.07) is 9.15. The van der Waals surface area contributed by atoms with E-state index in [2.05, 4.69) is 18.3 Å². The van der Waals surface area contributed by atoms with Crippen molar-refractivity contribution in [3.05, 3.63) is 29.8 Å². The van der Waals surface area contributed by atoms with E-state index in [4.69, 9.17) is 10.00 Å². The maximum atomic E-state index is 12.0. The van der Waals surface area contributed by atoms with Crippen LogP contribution in [0, 0.1) is 29.1 Å². The van der Waals surface area contributed by atoms with Crippen LogP contribution in [0.4, 0.5) is 0 Å². The molecule has 0 radical (unpaired) electrons. The smallest absolute Gasteiger partial charge is 0.258 e. The summed E-state index contributed by atoms with van der Waals surface area (Å²) >= 11 is 0. The van der Waals surface area contributed by atoms with Crippen LogP contribution >= 0.6 is 0 Å². The van der Waals surface area contributed by atoms with Gasteiger partial charge in [-0.25, -0.2) is 0 Å². The molecule has 0 saturated heterocycles. The standard InChI is InChI=1S/C18H22N2O2/c1-12(17-9-13-5-6-15(17)7-13)20-18(21)11-22-16-4-2-3-14(8-16)10-19/h2-4,8,12-13,15,17H,5-7,9,11H2,1H3,(H,20,21)/t12-,13-,15-,17+/m0/s1. The number of fused-ring (bicyclic) bond motifs is 2. The van der Waals surface area contributed by atoms with Gasteiger partial charge in [0.1, 0.15) is 5.75 Å². The SMILES string of the molecule is C[C@H](NC(=O)COc1cccc(C#N)c1)[C@H]1C[C@H]2CC[C@H]1C2. The van der Waals surface area contributed by atoms with Crippen LogP contribution in [-0.2, 0) is 4.79 Å². The molecule has 0 heterocycles. The van der Waals surface area contributed by atoms with Gasteiger partial charge in [-0.1, -0.05) is 12.5 Å². The maximum Gasteiger partial charge on any atom is 0.258 e. The maximum absolute atomic E-state index is 12.0. The predicted octanol–water partition coefficient (Wildman–Crippen LogP) is 2.88. The number of amides is 1. The van der Waals surface area contributed by atoms with Crippen molar-refractivity contribution in [3.8, 4) is 11.8 Å². The molecule has 116 valence electrons. The first-order valence-electron chi connectivity index (χ1n) is 8.08. The van der Waals surface area contributed by atoms with E-state index >= 15 is 0 Å². The summed E-state index contributed by atoms with van der Waals surface area (Å²) in [5.74, 6) is 2.79. The van der Waals surface area contributed by atoms with Crippen LogP contribution in [0.5, 0.6) is 5.75 Å². The topological polar surface area (TPSA) is 62.1 Å². The summed E-state index contributed by atoms with van der Waals surface area (Å²) in [4.78, 5) is 12.0. The Hall–Kier alpha value is -2.02. The number of benzene rings is 1. The van der Waals surface area contributed by atoms with Gasteiger partial charge in [-0.2, -0.15) is 5.26 Å². The molecule has 1 aromatic carbocycles. The molecular weight excluding hydrogens is 276 g/mol. The van der Waals surface area contributed by atoms with Gasteiger partial charge < -0.3 is 10.1 Å². The summed E-state index contributed by atoms with van der Waals surface area (Å²) in [5, 5.41) is 11.9. The molecular formula is C18H22N2O2. The van der Waals surface area contributed by atoms with Crippen molar-refractivity contribution in [2.75, 3.05) is 6.61 Å². The fraction of sp³-hybridized carbons (Fsp3) is 0.556. The van der Waals surface area contributed by atoms with Gasteiger partial charge in [0.2, 0.25) is 0 Å². The van der Waals surface area contributed by atoms with Gasteiger partial charge in [-0.3, -0.25) is 4.79 Å². The largest absolute Gasteiger partial charge is 0.484 e. The molecule has 1 aromatic rings. The van der Waals surface area contributed by atoms with E-state index in [9.17, 15) is 4.79 Å². The van der Waals surface area contributed by atoms with E-state index in [1.165, 1.54) is 25.7 Å². The summed E-state index contributed by atoms with van der Waals surface area (Å²) in [7, 11) is 0. The van der Waals surface area contributed by atoms with Crippen LogP contribution in [0.1, 0.15) is 38.2 Å². The normalized spacial score (nSPS) is 27.2. The minimum atomic E-state index is -0.0855. The van der Waals surface area contributed by atoms with Crippen molar-refractivity contribution < 1.29 is 9.53 Å². The zero-order chi connectivity index (χ0) is 15.5. The summed E-state index contributed by atoms with van der Waals surface area (Å²) < 4.78 is 5.47. The number of carbonyl (C=O) groups is 1. The number of rotatable bonds is 5. The second kappa shape index (κ2) is 6.39. The fourth-order valence-electron chi connectivity index (χ4n) is 4.11. The van der Waals surface area contributed by atoms with Crippen LogP contribution in [-0.4, -0.2) is 18.6 Å². The van der Waals surface area contributed by atoms with Gasteiger partial charge in [-0.05, 0) is 62.1 Å². The quantitative estimate of drug-likeness (QED) is 0.909. The van der Waals surface area contributed by atoms with E-state index < -0.39 is 0 Å². The van der Waals surface area contributed by atoms with Gasteiger partial charge in [0.25, 0.3) is 5.91 Å². The Kier molecular flexibility index (Phi) is 4.33. The molecule has 22 heavy (non-hydrogen) atoms. The van der Waals surface area contributed by atoms with Crippen LogP contribution in [0.25, 0.3) is 0 Å². The van der Waals surface area contributed by atoms with Crippen molar-refractivity contribution in [2.45, 2.75) is 38.6 Å². The molecule has 1 N–H and O–H groups in total. The Bertz CT molecular complexity index is 593. The highest BCUT2D eigenvalue weighted by atomic mass is 16.5. The lowest BCUT2D eigenvalue weighted by Gasteiger charge is -2.28. The number of hydrogen-bond donors (Lipinski definition) is 1. The molecule has 2 bridgehead atoms. The molecule has 2 aliphatic rings. The Morgan fingerprint density at radius 2 is 2.32 bits per heavy atom. The first kappa shape index (κ1) is 14.9. The van der Waals surface area contributed by atoms with Crippen molar-refractivity contribution in [3.63, 3.8) is 0 Å². The molecule has 4 atom stereocenters. The average Bonchev–Trinajstić information content (AvgIpc) is 3.16. The van der Waals surface area contributed by atoms with E-state index in [-0.39, 0.29) is 18.6 Å². The lowest BCUT2D eigenvalue weighted by Crippen LogP contribution is -2.42. The second-order valence-corrected chi connectivity index (χ2v) is 6.62. The molecule has 2 fully saturated rings. The molecule has 4 nitrogen and oxygen atoms in total. The lowest BCUT2D eigenvalue weighted by molar-refractivity contribution is -0.124. The predicted molar refractivity (Wildman–Crippen MR) is 83.2 cm³/mol. The summed E-state index contributed by atoms with van der Waals surface area (Å²) in [6.07, 6.45) is 5.31. The number of hydrogen-bond acceptors (Lipinski definition) is 3. The number of nitrogens with one attached hydrogen (secondary N) is 1. The van der Waals surface area contributed by atoms with Gasteiger partial charge in [0.05, 0.1) is 11.6 Å². The number of ether oxygens (including phenoxy) is 1. The zero-order valence-corrected chi connectivity index (χ0v) is 12.9. The number of nitrogens with zero attached hydrogens (tertiary/aromatic N) is 1. The zero-order valence-electron chi connectivity index (χ0n) is 12.9. The molecule has 0 aromatic heterocycles. The van der Waals surface area contributed by atoms with Crippen LogP contribution < -0.4 is 10.1 Å². The molecule has 1 amide bonds. The number of carbonyl (C=O) groups excluding carboxylic acids is 1. The van der Waals surface area contributed by atoms with E-state index in [1.807, 2.05) is 0 Å². The van der Waals surface area contributed by atoms with E-state index in [0.717, 1.165) is 11.8 Å². The average molecular weight is 298 g/mol. The highest BCUT2D eigenvalue weighted by molar-refractivity contribution is 5.77. The van der Waals surface area contributed by atoms with Crippen molar-refractivity contribution >= 4 is 5.91 Å². The van der Waals surface area contributed by atoms with Gasteiger partial charge in [0.15, 0.2) is 6.61 Å². The van der Waals surface area contributed by atoms with Gasteiger partial charge in [-0.15, -0.1) is 0 Å². The Morgan fingerprint density at radius 3 is 3.00 bits per heavy atom. The van der Waals surface area contributed by atoms with Crippen molar-refractivity contribution in [1.82, 2.24) is 5.32 Å². The molecule has 0 aliphatic heterocycles. The molecule has 2 saturated carbocycles. The Morgan fingerprint density at radius 1 is 1.45 bits per heavy atom. The molecule has 4 heteroatoms. The van der Waals surface area contributed by atoms with Gasteiger partial charge >= 0.3 is 0 Å². The van der Waals surface area contributed by atoms with Crippen molar-refractivity contribution in [1.29, 1.82) is 5.26 Å². The fourth-order valence-corrected chi connectivity index (χ4v) is 4.11. The third-order valence-electron chi connectivity index (χ3n) is 5.16. The Labute approximate surface area is 131 Å². The molecule has 2 aliphatic carbocycles.